The maximum absolute atomic E-state index is 13.3. The highest BCUT2D eigenvalue weighted by Gasteiger charge is 2.15. The van der Waals surface area contributed by atoms with E-state index in [0.29, 0.717) is 28.1 Å². The molecule has 2 N–H and O–H groups in total. The molecule has 2 aromatic rings. The van der Waals surface area contributed by atoms with E-state index in [9.17, 15) is 4.39 Å². The van der Waals surface area contributed by atoms with Crippen LogP contribution in [0, 0.1) is 5.82 Å². The third-order valence-electron chi connectivity index (χ3n) is 2.63. The second-order valence-corrected chi connectivity index (χ2v) is 4.70. The number of nitrogens with zero attached hydrogens (tertiary/aromatic N) is 2. The Morgan fingerprint density at radius 3 is 2.63 bits per heavy atom. The summed E-state index contributed by atoms with van der Waals surface area (Å²) < 4.78 is 13.3. The predicted octanol–water partition coefficient (Wildman–Crippen LogP) is 4.27. The van der Waals surface area contributed by atoms with E-state index in [0.717, 1.165) is 0 Å². The molecule has 100 valence electrons. The van der Waals surface area contributed by atoms with Crippen molar-refractivity contribution >= 4 is 40.5 Å². The molecule has 19 heavy (non-hydrogen) atoms. The number of pyridine rings is 1. The van der Waals surface area contributed by atoms with Crippen molar-refractivity contribution in [2.45, 2.75) is 6.92 Å². The van der Waals surface area contributed by atoms with Gasteiger partial charge in [0.15, 0.2) is 5.82 Å². The molecular formula is C13H12Cl2FN3. The van der Waals surface area contributed by atoms with E-state index in [-0.39, 0.29) is 11.6 Å². The fraction of sp³-hybridized carbons (Fsp3) is 0.154. The molecule has 0 aliphatic rings. The summed E-state index contributed by atoms with van der Waals surface area (Å²) in [5.41, 5.74) is 6.34. The lowest BCUT2D eigenvalue weighted by Crippen LogP contribution is -2.18. The molecule has 0 saturated heterocycles. The molecule has 0 bridgehead atoms. The smallest absolute Gasteiger partial charge is 0.154 e. The molecule has 0 atom stereocenters. The lowest BCUT2D eigenvalue weighted by atomic mass is 10.2. The molecule has 0 unspecified atom stereocenters. The Labute approximate surface area is 120 Å². The highest BCUT2D eigenvalue weighted by Crippen LogP contribution is 2.34. The van der Waals surface area contributed by atoms with E-state index < -0.39 is 0 Å². The number of nitrogens with two attached hydrogens (primary N) is 1. The first kappa shape index (κ1) is 13.9. The zero-order valence-electron chi connectivity index (χ0n) is 10.2. The zero-order chi connectivity index (χ0) is 14.0. The summed E-state index contributed by atoms with van der Waals surface area (Å²) in [6.07, 6.45) is 0. The third-order valence-corrected chi connectivity index (χ3v) is 3.21. The van der Waals surface area contributed by atoms with Crippen molar-refractivity contribution in [3.8, 4) is 0 Å². The molecule has 0 radical (unpaired) electrons. The van der Waals surface area contributed by atoms with E-state index >= 15 is 0 Å². The van der Waals surface area contributed by atoms with Crippen molar-refractivity contribution in [1.82, 2.24) is 4.98 Å². The molecule has 0 aliphatic carbocycles. The summed E-state index contributed by atoms with van der Waals surface area (Å²) in [6.45, 7) is 2.48. The van der Waals surface area contributed by atoms with E-state index in [4.69, 9.17) is 28.9 Å². The topological polar surface area (TPSA) is 42.2 Å². The average molecular weight is 300 g/mol. The maximum atomic E-state index is 13.3. The summed E-state index contributed by atoms with van der Waals surface area (Å²) in [5.74, 6) is 0.321. The van der Waals surface area contributed by atoms with Gasteiger partial charge in [-0.2, -0.15) is 0 Å². The van der Waals surface area contributed by atoms with Gasteiger partial charge in [-0.1, -0.05) is 29.3 Å². The molecule has 0 aliphatic heterocycles. The minimum Gasteiger partial charge on any atom is -0.382 e. The summed E-state index contributed by atoms with van der Waals surface area (Å²) in [4.78, 5) is 5.93. The van der Waals surface area contributed by atoms with Gasteiger partial charge in [0.2, 0.25) is 0 Å². The number of hydrogen-bond acceptors (Lipinski definition) is 3. The molecule has 1 aromatic heterocycles. The van der Waals surface area contributed by atoms with Gasteiger partial charge in [0.05, 0.1) is 10.0 Å². The van der Waals surface area contributed by atoms with Crippen LogP contribution < -0.4 is 10.6 Å². The Hall–Kier alpha value is -1.52. The monoisotopic (exact) mass is 299 g/mol. The molecular weight excluding hydrogens is 288 g/mol. The number of halogens is 3. The lowest BCUT2D eigenvalue weighted by molar-refractivity contribution is 0.627. The molecule has 3 nitrogen and oxygen atoms in total. The third kappa shape index (κ3) is 2.91. The summed E-state index contributed by atoms with van der Waals surface area (Å²) in [5, 5.41) is 0.661. The van der Waals surface area contributed by atoms with Gasteiger partial charge in [0.1, 0.15) is 11.6 Å². The number of hydrogen-bond donors (Lipinski definition) is 1. The van der Waals surface area contributed by atoms with E-state index in [1.54, 1.807) is 17.0 Å². The van der Waals surface area contributed by atoms with Gasteiger partial charge in [0.25, 0.3) is 0 Å². The van der Waals surface area contributed by atoms with Gasteiger partial charge >= 0.3 is 0 Å². The van der Waals surface area contributed by atoms with Crippen LogP contribution in [0.4, 0.5) is 21.7 Å². The molecule has 2 rings (SSSR count). The van der Waals surface area contributed by atoms with Gasteiger partial charge in [-0.25, -0.2) is 9.37 Å². The predicted molar refractivity (Wildman–Crippen MR) is 77.7 cm³/mol. The van der Waals surface area contributed by atoms with Gasteiger partial charge in [-0.15, -0.1) is 0 Å². The highest BCUT2D eigenvalue weighted by atomic mass is 35.5. The van der Waals surface area contributed by atoms with Gasteiger partial charge in [0, 0.05) is 12.2 Å². The fourth-order valence-electron chi connectivity index (χ4n) is 1.76. The fourth-order valence-corrected chi connectivity index (χ4v) is 2.22. The van der Waals surface area contributed by atoms with Crippen LogP contribution in [0.3, 0.4) is 0 Å². The van der Waals surface area contributed by atoms with Crippen molar-refractivity contribution in [1.29, 1.82) is 0 Å². The second-order valence-electron chi connectivity index (χ2n) is 3.88. The van der Waals surface area contributed by atoms with Crippen molar-refractivity contribution in [2.24, 2.45) is 0 Å². The second kappa shape index (κ2) is 5.63. The van der Waals surface area contributed by atoms with Crippen LogP contribution in [0.15, 0.2) is 30.3 Å². The minimum atomic E-state index is -0.325. The van der Waals surface area contributed by atoms with E-state index in [2.05, 4.69) is 4.98 Å². The first-order valence-corrected chi connectivity index (χ1v) is 6.43. The van der Waals surface area contributed by atoms with E-state index in [1.807, 2.05) is 6.92 Å². The van der Waals surface area contributed by atoms with Crippen LogP contribution in [0.2, 0.25) is 10.0 Å². The molecule has 0 spiro atoms. The standard InChI is InChI=1S/C13H12Cl2FN3/c1-2-19(9-5-3-4-8(16)6-9)13-11(15)7-10(14)12(17)18-13/h3-7H,2H2,1H3,(H2,17,18). The maximum Gasteiger partial charge on any atom is 0.154 e. The van der Waals surface area contributed by atoms with Crippen molar-refractivity contribution < 1.29 is 4.39 Å². The zero-order valence-corrected chi connectivity index (χ0v) is 11.7. The van der Waals surface area contributed by atoms with Crippen molar-refractivity contribution in [2.75, 3.05) is 17.2 Å². The number of benzene rings is 1. The Morgan fingerprint density at radius 2 is 2.00 bits per heavy atom. The molecule has 0 saturated carbocycles. The Kier molecular flexibility index (Phi) is 4.12. The lowest BCUT2D eigenvalue weighted by Gasteiger charge is -2.23. The quantitative estimate of drug-likeness (QED) is 0.920. The Bertz CT molecular complexity index is 604. The molecule has 0 fully saturated rings. The summed E-state index contributed by atoms with van der Waals surface area (Å²) in [6, 6.07) is 7.72. The number of aromatic nitrogens is 1. The van der Waals surface area contributed by atoms with Crippen LogP contribution in [0.5, 0.6) is 0 Å². The average Bonchev–Trinajstić information content (AvgIpc) is 2.36. The van der Waals surface area contributed by atoms with Crippen LogP contribution in [-0.4, -0.2) is 11.5 Å². The first-order chi connectivity index (χ1) is 9.02. The normalized spacial score (nSPS) is 10.5. The summed E-state index contributed by atoms with van der Waals surface area (Å²) in [7, 11) is 0. The van der Waals surface area contributed by atoms with Crippen LogP contribution in [-0.2, 0) is 0 Å². The summed E-state index contributed by atoms with van der Waals surface area (Å²) >= 11 is 12.0. The highest BCUT2D eigenvalue weighted by molar-refractivity contribution is 6.37. The Balaban J connectivity index is 2.51. The first-order valence-electron chi connectivity index (χ1n) is 5.67. The number of nitrogen functional groups attached to an aromatic ring is 1. The van der Waals surface area contributed by atoms with E-state index in [1.165, 1.54) is 18.2 Å². The SMILES string of the molecule is CCN(c1cccc(F)c1)c1nc(N)c(Cl)cc1Cl. The number of anilines is 3. The van der Waals surface area contributed by atoms with Gasteiger partial charge in [-0.3, -0.25) is 0 Å². The van der Waals surface area contributed by atoms with Crippen LogP contribution in [0.1, 0.15) is 6.92 Å². The number of rotatable bonds is 3. The molecule has 1 heterocycles. The van der Waals surface area contributed by atoms with Gasteiger partial charge in [-0.05, 0) is 31.2 Å². The van der Waals surface area contributed by atoms with Crippen LogP contribution in [0.25, 0.3) is 0 Å². The Morgan fingerprint density at radius 1 is 1.26 bits per heavy atom. The molecule has 6 heteroatoms. The van der Waals surface area contributed by atoms with Gasteiger partial charge < -0.3 is 10.6 Å². The molecule has 1 aromatic carbocycles. The molecule has 0 amide bonds. The largest absolute Gasteiger partial charge is 0.382 e. The van der Waals surface area contributed by atoms with Crippen molar-refractivity contribution in [3.63, 3.8) is 0 Å². The van der Waals surface area contributed by atoms with Crippen molar-refractivity contribution in [3.05, 3.63) is 46.2 Å². The van der Waals surface area contributed by atoms with Crippen LogP contribution >= 0.6 is 23.2 Å². The minimum absolute atomic E-state index is 0.191.